The van der Waals surface area contributed by atoms with Gasteiger partial charge in [-0.25, -0.2) is 8.78 Å². The van der Waals surface area contributed by atoms with Crippen molar-refractivity contribution >= 4 is 18.0 Å². The highest BCUT2D eigenvalue weighted by atomic mass is 31.2. The lowest BCUT2D eigenvalue weighted by atomic mass is 10.2. The van der Waals surface area contributed by atoms with Crippen molar-refractivity contribution in [2.24, 2.45) is 0 Å². The van der Waals surface area contributed by atoms with Gasteiger partial charge in [-0.2, -0.15) is 0 Å². The molecule has 0 bridgehead atoms. The van der Waals surface area contributed by atoms with Crippen LogP contribution in [0.25, 0.3) is 0 Å². The summed E-state index contributed by atoms with van der Waals surface area (Å²) in [5.74, 6) is -1.38. The van der Waals surface area contributed by atoms with Crippen molar-refractivity contribution in [1.29, 1.82) is 0 Å². The van der Waals surface area contributed by atoms with E-state index in [2.05, 4.69) is 0 Å². The second-order valence-electron chi connectivity index (χ2n) is 5.23. The van der Waals surface area contributed by atoms with Crippen LogP contribution in [0.2, 0.25) is 0 Å². The van der Waals surface area contributed by atoms with Crippen molar-refractivity contribution < 1.29 is 17.9 Å². The summed E-state index contributed by atoms with van der Waals surface area (Å²) in [4.78, 5) is 0. The fourth-order valence-corrected chi connectivity index (χ4v) is 4.39. The van der Waals surface area contributed by atoms with E-state index in [1.165, 1.54) is 6.07 Å². The van der Waals surface area contributed by atoms with E-state index >= 15 is 0 Å². The van der Waals surface area contributed by atoms with Crippen LogP contribution in [0.5, 0.6) is 0 Å². The molecule has 0 aliphatic heterocycles. The minimum absolute atomic E-state index is 0.156. The maximum Gasteiger partial charge on any atom is 0.261 e. The van der Waals surface area contributed by atoms with Crippen LogP contribution in [-0.4, -0.2) is 0 Å². The fraction of sp³-hybridized carbons (Fsp3) is 0.0526. The third-order valence-electron chi connectivity index (χ3n) is 3.61. The zero-order chi connectivity index (χ0) is 17.0. The molecule has 0 spiro atoms. The highest BCUT2D eigenvalue weighted by Gasteiger charge is 2.28. The summed E-state index contributed by atoms with van der Waals surface area (Å²) in [5.41, 5.74) is 0.156. The second-order valence-corrected chi connectivity index (χ2v) is 7.63. The molecule has 122 valence electrons. The molecule has 0 saturated carbocycles. The number of benzene rings is 3. The van der Waals surface area contributed by atoms with Crippen LogP contribution in [-0.2, 0) is 15.7 Å². The van der Waals surface area contributed by atoms with E-state index in [1.807, 2.05) is 12.1 Å². The molecule has 0 amide bonds. The van der Waals surface area contributed by atoms with Crippen LogP contribution in [0.3, 0.4) is 0 Å². The fourth-order valence-electron chi connectivity index (χ4n) is 2.35. The van der Waals surface area contributed by atoms with E-state index < -0.39 is 19.0 Å². The van der Waals surface area contributed by atoms with Gasteiger partial charge >= 0.3 is 0 Å². The average Bonchev–Trinajstić information content (AvgIpc) is 2.62. The van der Waals surface area contributed by atoms with E-state index in [0.717, 1.165) is 12.1 Å². The van der Waals surface area contributed by atoms with E-state index in [9.17, 15) is 13.3 Å². The van der Waals surface area contributed by atoms with E-state index in [4.69, 9.17) is 4.52 Å². The van der Waals surface area contributed by atoms with Crippen molar-refractivity contribution in [3.05, 3.63) is 96.1 Å². The third kappa shape index (κ3) is 3.45. The average molecular weight is 344 g/mol. The first-order valence-electron chi connectivity index (χ1n) is 7.39. The molecule has 3 aromatic carbocycles. The minimum Gasteiger partial charge on any atom is -0.317 e. The molecule has 0 radical (unpaired) electrons. The van der Waals surface area contributed by atoms with Crippen molar-refractivity contribution in [2.75, 3.05) is 0 Å². The quantitative estimate of drug-likeness (QED) is 0.641. The predicted molar refractivity (Wildman–Crippen MR) is 90.9 cm³/mol. The van der Waals surface area contributed by atoms with Gasteiger partial charge in [-0.05, 0) is 30.3 Å². The highest BCUT2D eigenvalue weighted by Crippen LogP contribution is 2.45. The van der Waals surface area contributed by atoms with Gasteiger partial charge in [-0.1, -0.05) is 42.5 Å². The van der Waals surface area contributed by atoms with Gasteiger partial charge in [0.1, 0.15) is 11.6 Å². The molecule has 0 aromatic heterocycles. The molecule has 0 atom stereocenters. The molecule has 0 fully saturated rings. The Labute approximate surface area is 139 Å². The van der Waals surface area contributed by atoms with Gasteiger partial charge in [0.15, 0.2) is 0 Å². The lowest BCUT2D eigenvalue weighted by Crippen LogP contribution is -2.18. The molecule has 0 N–H and O–H groups in total. The zero-order valence-electron chi connectivity index (χ0n) is 12.7. The normalized spacial score (nSPS) is 11.4. The van der Waals surface area contributed by atoms with Crippen LogP contribution in [0.1, 0.15) is 5.56 Å². The first-order chi connectivity index (χ1) is 11.6. The first-order valence-corrected chi connectivity index (χ1v) is 9.02. The highest BCUT2D eigenvalue weighted by molar-refractivity contribution is 7.74. The first kappa shape index (κ1) is 16.6. The maximum atomic E-state index is 13.8. The summed E-state index contributed by atoms with van der Waals surface area (Å²) < 4.78 is 46.1. The number of hydrogen-bond acceptors (Lipinski definition) is 2. The van der Waals surface area contributed by atoms with Crippen LogP contribution >= 0.6 is 7.37 Å². The summed E-state index contributed by atoms with van der Waals surface area (Å²) >= 11 is 0. The Morgan fingerprint density at radius 3 is 1.83 bits per heavy atom. The molecule has 0 saturated heterocycles. The smallest absolute Gasteiger partial charge is 0.261 e. The second kappa shape index (κ2) is 7.08. The van der Waals surface area contributed by atoms with Gasteiger partial charge in [0.05, 0.1) is 6.61 Å². The van der Waals surface area contributed by atoms with E-state index in [-0.39, 0.29) is 12.2 Å². The third-order valence-corrected chi connectivity index (χ3v) is 6.06. The van der Waals surface area contributed by atoms with Crippen molar-refractivity contribution in [2.45, 2.75) is 6.61 Å². The zero-order valence-corrected chi connectivity index (χ0v) is 13.6. The Morgan fingerprint density at radius 1 is 0.792 bits per heavy atom. The van der Waals surface area contributed by atoms with Crippen LogP contribution < -0.4 is 10.6 Å². The molecule has 0 heterocycles. The van der Waals surface area contributed by atoms with Gasteiger partial charge in [-0.15, -0.1) is 0 Å². The van der Waals surface area contributed by atoms with Gasteiger partial charge in [0, 0.05) is 22.2 Å². The Balaban J connectivity index is 1.96. The topological polar surface area (TPSA) is 26.3 Å². The molecule has 0 aliphatic rings. The molecule has 0 aliphatic carbocycles. The van der Waals surface area contributed by atoms with Crippen LogP contribution in [0.15, 0.2) is 78.9 Å². The van der Waals surface area contributed by atoms with Gasteiger partial charge in [0.2, 0.25) is 0 Å². The lowest BCUT2D eigenvalue weighted by molar-refractivity contribution is 0.309. The summed E-state index contributed by atoms with van der Waals surface area (Å²) in [6.45, 7) is -0.215. The summed E-state index contributed by atoms with van der Waals surface area (Å²) in [6.07, 6.45) is 0. The molecular weight excluding hydrogens is 329 g/mol. The largest absolute Gasteiger partial charge is 0.317 e. The standard InChI is InChI=1S/C19H15F2O2P/c20-16-12-11-15(19(21)13-16)14-23-24(22,17-7-3-1-4-8-17)18-9-5-2-6-10-18/h1-13H,14H2. The molecule has 24 heavy (non-hydrogen) atoms. The number of halogens is 2. The Bertz CT molecular complexity index is 824. The maximum absolute atomic E-state index is 13.8. The Morgan fingerprint density at radius 2 is 1.33 bits per heavy atom. The van der Waals surface area contributed by atoms with Crippen molar-refractivity contribution in [3.8, 4) is 0 Å². The van der Waals surface area contributed by atoms with Crippen molar-refractivity contribution in [3.63, 3.8) is 0 Å². The Kier molecular flexibility index (Phi) is 4.89. The van der Waals surface area contributed by atoms with Gasteiger partial charge < -0.3 is 4.52 Å². The molecule has 3 aromatic rings. The summed E-state index contributed by atoms with van der Waals surface area (Å²) in [7, 11) is -3.38. The summed E-state index contributed by atoms with van der Waals surface area (Å²) in [5, 5.41) is 1.05. The number of rotatable bonds is 5. The SMILES string of the molecule is O=P(OCc1ccc(F)cc1F)(c1ccccc1)c1ccccc1. The van der Waals surface area contributed by atoms with Crippen molar-refractivity contribution in [1.82, 2.24) is 0 Å². The van der Waals surface area contributed by atoms with E-state index in [0.29, 0.717) is 10.6 Å². The molecule has 3 rings (SSSR count). The van der Waals surface area contributed by atoms with Gasteiger partial charge in [-0.3, -0.25) is 4.57 Å². The van der Waals surface area contributed by atoms with Crippen LogP contribution in [0.4, 0.5) is 8.78 Å². The monoisotopic (exact) mass is 344 g/mol. The molecule has 0 unspecified atom stereocenters. The Hall–Kier alpha value is -2.29. The molecule has 5 heteroatoms. The molecular formula is C19H15F2O2P. The van der Waals surface area contributed by atoms with Crippen LogP contribution in [0, 0.1) is 11.6 Å². The van der Waals surface area contributed by atoms with E-state index in [1.54, 1.807) is 48.5 Å². The van der Waals surface area contributed by atoms with Gasteiger partial charge in [0.25, 0.3) is 7.37 Å². The summed E-state index contributed by atoms with van der Waals surface area (Å²) in [6, 6.07) is 20.8. The minimum atomic E-state index is -3.38. The number of hydrogen-bond donors (Lipinski definition) is 0. The molecule has 2 nitrogen and oxygen atoms in total. The lowest BCUT2D eigenvalue weighted by Gasteiger charge is -2.19. The predicted octanol–water partition coefficient (Wildman–Crippen LogP) is 4.41.